The van der Waals surface area contributed by atoms with E-state index in [4.69, 9.17) is 16.3 Å². The van der Waals surface area contributed by atoms with Gasteiger partial charge in [-0.15, -0.1) is 24.5 Å². The van der Waals surface area contributed by atoms with E-state index in [9.17, 15) is 0 Å². The largest absolute Gasteiger partial charge is 0.334 e. The molecule has 0 amide bonds. The van der Waals surface area contributed by atoms with E-state index in [0.717, 1.165) is 6.42 Å². The first-order valence-corrected chi connectivity index (χ1v) is 8.29. The molecule has 62 valence electrons. The second-order valence-electron chi connectivity index (χ2n) is 2.03. The summed E-state index contributed by atoms with van der Waals surface area (Å²) in [5.74, 6) is 0. The first-order chi connectivity index (χ1) is 4.56. The van der Waals surface area contributed by atoms with Gasteiger partial charge in [0.2, 0.25) is 0 Å². The van der Waals surface area contributed by atoms with Gasteiger partial charge in [0.15, 0.2) is 4.67 Å². The molecule has 0 heterocycles. The lowest BCUT2D eigenvalue weighted by Gasteiger charge is -2.08. The van der Waals surface area contributed by atoms with Gasteiger partial charge in [0.25, 0.3) is 0 Å². The minimum absolute atomic E-state index is 0.706. The van der Waals surface area contributed by atoms with Crippen LogP contribution in [0.1, 0.15) is 26.2 Å². The van der Waals surface area contributed by atoms with Crippen LogP contribution < -0.4 is 0 Å². The van der Waals surface area contributed by atoms with Gasteiger partial charge in [-0.05, 0) is 18.2 Å². The zero-order valence-corrected chi connectivity index (χ0v) is 9.49. The van der Waals surface area contributed by atoms with Crippen LogP contribution in [0, 0.1) is 0 Å². The Morgan fingerprint density at radius 1 is 1.40 bits per heavy atom. The highest BCUT2D eigenvalue weighted by Crippen LogP contribution is 2.56. The molecule has 0 radical (unpaired) electrons. The fraction of sp³-hybridized carbons (Fsp3) is 1.00. The monoisotopic (exact) mass is 216 g/mol. The van der Waals surface area contributed by atoms with Crippen molar-refractivity contribution in [3.63, 3.8) is 0 Å². The molecule has 10 heavy (non-hydrogen) atoms. The zero-order valence-electron chi connectivity index (χ0n) is 5.99. The van der Waals surface area contributed by atoms with E-state index in [1.165, 1.54) is 12.8 Å². The highest BCUT2D eigenvalue weighted by molar-refractivity contribution is 8.90. The van der Waals surface area contributed by atoms with Crippen LogP contribution in [0.2, 0.25) is 0 Å². The van der Waals surface area contributed by atoms with Crippen LogP contribution in [0.5, 0.6) is 0 Å². The third-order valence-electron chi connectivity index (χ3n) is 1.01. The van der Waals surface area contributed by atoms with Gasteiger partial charge in [0.1, 0.15) is 0 Å². The predicted molar refractivity (Wildman–Crippen MR) is 57.7 cm³/mol. The third kappa shape index (κ3) is 9.31. The van der Waals surface area contributed by atoms with Crippen LogP contribution in [-0.4, -0.2) is 6.61 Å². The van der Waals surface area contributed by atoms with E-state index in [1.807, 2.05) is 0 Å². The van der Waals surface area contributed by atoms with Gasteiger partial charge >= 0.3 is 0 Å². The van der Waals surface area contributed by atoms with Crippen molar-refractivity contribution in [2.75, 3.05) is 6.61 Å². The number of hydrogen-bond acceptors (Lipinski definition) is 2. The summed E-state index contributed by atoms with van der Waals surface area (Å²) in [6.45, 7) is 2.86. The SMILES string of the molecule is CCCCCOP(=S)(S)S. The molecule has 0 saturated carbocycles. The second-order valence-corrected chi connectivity index (χ2v) is 10.8. The molecule has 0 spiro atoms. The summed E-state index contributed by atoms with van der Waals surface area (Å²) in [6, 6.07) is 0. The van der Waals surface area contributed by atoms with E-state index >= 15 is 0 Å². The molecular formula is C5H13OPS3. The Bertz CT molecular complexity index is 122. The normalized spacial score (nSPS) is 11.9. The molecule has 0 saturated heterocycles. The molecule has 0 aromatic heterocycles. The Balaban J connectivity index is 3.13. The van der Waals surface area contributed by atoms with Gasteiger partial charge in [-0.1, -0.05) is 19.8 Å². The highest BCUT2D eigenvalue weighted by atomic mass is 33.2. The number of hydrogen-bond donors (Lipinski definition) is 2. The van der Waals surface area contributed by atoms with E-state index in [1.54, 1.807) is 0 Å². The topological polar surface area (TPSA) is 9.23 Å². The van der Waals surface area contributed by atoms with Crippen molar-refractivity contribution in [1.29, 1.82) is 0 Å². The van der Waals surface area contributed by atoms with Crippen molar-refractivity contribution in [3.05, 3.63) is 0 Å². The summed E-state index contributed by atoms with van der Waals surface area (Å²) in [6.07, 6.45) is 3.46. The summed E-state index contributed by atoms with van der Waals surface area (Å²) in [5, 5.41) is 0. The molecule has 0 unspecified atom stereocenters. The minimum Gasteiger partial charge on any atom is -0.334 e. The van der Waals surface area contributed by atoms with E-state index in [2.05, 4.69) is 31.4 Å². The zero-order chi connectivity index (χ0) is 8.04. The molecule has 0 aromatic rings. The van der Waals surface area contributed by atoms with Gasteiger partial charge in [-0.2, -0.15) is 0 Å². The molecule has 1 nitrogen and oxygen atoms in total. The first-order valence-electron chi connectivity index (χ1n) is 3.26. The van der Waals surface area contributed by atoms with Crippen molar-refractivity contribution in [3.8, 4) is 0 Å². The lowest BCUT2D eigenvalue weighted by Crippen LogP contribution is -1.85. The summed E-state index contributed by atoms with van der Waals surface area (Å²) < 4.78 is 3.20. The van der Waals surface area contributed by atoms with Crippen molar-refractivity contribution >= 4 is 41.0 Å². The molecule has 0 fully saturated rings. The van der Waals surface area contributed by atoms with Crippen LogP contribution in [0.3, 0.4) is 0 Å². The lowest BCUT2D eigenvalue weighted by molar-refractivity contribution is 0.351. The molecule has 0 aromatic carbocycles. The Morgan fingerprint density at radius 2 is 2.00 bits per heavy atom. The Hall–Kier alpha value is 1.31. The summed E-state index contributed by atoms with van der Waals surface area (Å²) >= 11 is 12.9. The Kier molecular flexibility index (Phi) is 6.67. The van der Waals surface area contributed by atoms with Gasteiger partial charge in [0, 0.05) is 0 Å². The number of thiol groups is 2. The molecule has 0 bridgehead atoms. The second kappa shape index (κ2) is 5.90. The summed E-state index contributed by atoms with van der Waals surface area (Å²) in [7, 11) is 0. The maximum absolute atomic E-state index is 5.19. The molecule has 0 aliphatic rings. The van der Waals surface area contributed by atoms with E-state index < -0.39 is 4.67 Å². The van der Waals surface area contributed by atoms with Gasteiger partial charge in [-0.3, -0.25) is 0 Å². The first kappa shape index (κ1) is 11.3. The fourth-order valence-corrected chi connectivity index (χ4v) is 1.62. The van der Waals surface area contributed by atoms with Crippen molar-refractivity contribution < 1.29 is 4.52 Å². The lowest BCUT2D eigenvalue weighted by atomic mass is 10.3. The maximum atomic E-state index is 5.19. The van der Waals surface area contributed by atoms with Gasteiger partial charge < -0.3 is 4.52 Å². The average molecular weight is 216 g/mol. The van der Waals surface area contributed by atoms with Crippen LogP contribution in [0.4, 0.5) is 0 Å². The van der Waals surface area contributed by atoms with E-state index in [0.29, 0.717) is 6.61 Å². The predicted octanol–water partition coefficient (Wildman–Crippen LogP) is 3.28. The molecule has 0 N–H and O–H groups in total. The molecule has 0 aliphatic carbocycles. The van der Waals surface area contributed by atoms with Crippen LogP contribution in [0.15, 0.2) is 0 Å². The average Bonchev–Trinajstić information content (AvgIpc) is 1.78. The smallest absolute Gasteiger partial charge is 0.168 e. The van der Waals surface area contributed by atoms with Crippen LogP contribution in [0.25, 0.3) is 0 Å². The standard InChI is InChI=1S/C5H13OPS3/c1-2-3-4-5-6-7(8,9)10/h2-5H2,1H3,(H2,8,9,10). The highest BCUT2D eigenvalue weighted by Gasteiger charge is 2.02. The summed E-state index contributed by atoms with van der Waals surface area (Å²) in [4.78, 5) is 0. The number of unbranched alkanes of at least 4 members (excludes halogenated alkanes) is 2. The molecule has 0 rings (SSSR count). The van der Waals surface area contributed by atoms with Gasteiger partial charge in [0.05, 0.1) is 6.61 Å². The maximum Gasteiger partial charge on any atom is 0.168 e. The van der Waals surface area contributed by atoms with E-state index in [-0.39, 0.29) is 0 Å². The Morgan fingerprint density at radius 3 is 2.40 bits per heavy atom. The number of rotatable bonds is 5. The third-order valence-corrected chi connectivity index (χ3v) is 2.54. The van der Waals surface area contributed by atoms with Crippen molar-refractivity contribution in [1.82, 2.24) is 0 Å². The Labute approximate surface area is 78.3 Å². The van der Waals surface area contributed by atoms with Crippen LogP contribution in [-0.2, 0) is 16.3 Å². The quantitative estimate of drug-likeness (QED) is 0.414. The minimum atomic E-state index is -1.98. The van der Waals surface area contributed by atoms with Crippen molar-refractivity contribution in [2.24, 2.45) is 0 Å². The molecule has 5 heteroatoms. The van der Waals surface area contributed by atoms with Gasteiger partial charge in [-0.25, -0.2) is 0 Å². The summed E-state index contributed by atoms with van der Waals surface area (Å²) in [5.41, 5.74) is 0. The molecule has 0 aliphatic heterocycles. The van der Waals surface area contributed by atoms with Crippen molar-refractivity contribution in [2.45, 2.75) is 26.2 Å². The molecular weight excluding hydrogens is 203 g/mol. The van der Waals surface area contributed by atoms with Crippen LogP contribution >= 0.6 is 29.2 Å². The molecule has 0 atom stereocenters. The fourth-order valence-electron chi connectivity index (χ4n) is 0.536.